The lowest BCUT2D eigenvalue weighted by Gasteiger charge is -2.32. The van der Waals surface area contributed by atoms with Crippen molar-refractivity contribution >= 4 is 0 Å². The Morgan fingerprint density at radius 3 is 2.24 bits per heavy atom. The first-order chi connectivity index (χ1) is 14.3. The lowest BCUT2D eigenvalue weighted by Crippen LogP contribution is -2.38. The van der Waals surface area contributed by atoms with Gasteiger partial charge in [-0.25, -0.2) is 4.39 Å². The van der Waals surface area contributed by atoms with Gasteiger partial charge in [-0.15, -0.1) is 0 Å². The van der Waals surface area contributed by atoms with E-state index in [4.69, 9.17) is 9.47 Å². The Morgan fingerprint density at radius 1 is 0.828 bits per heavy atom. The van der Waals surface area contributed by atoms with Gasteiger partial charge in [0.2, 0.25) is 0 Å². The van der Waals surface area contributed by atoms with Crippen molar-refractivity contribution in [1.82, 2.24) is 5.32 Å². The van der Waals surface area contributed by atoms with Crippen LogP contribution in [0.4, 0.5) is 4.39 Å². The Morgan fingerprint density at radius 2 is 1.52 bits per heavy atom. The highest BCUT2D eigenvalue weighted by atomic mass is 19.1. The molecule has 4 rings (SSSR count). The van der Waals surface area contributed by atoms with Crippen LogP contribution in [0.5, 0.6) is 11.5 Å². The molecule has 4 heteroatoms. The van der Waals surface area contributed by atoms with Crippen molar-refractivity contribution in [2.75, 3.05) is 19.7 Å². The molecule has 0 unspecified atom stereocenters. The van der Waals surface area contributed by atoms with Crippen LogP contribution in [-0.4, -0.2) is 19.7 Å². The number of hydrogen-bond donors (Lipinski definition) is 1. The molecule has 29 heavy (non-hydrogen) atoms. The van der Waals surface area contributed by atoms with Crippen LogP contribution in [0, 0.1) is 11.7 Å². The lowest BCUT2D eigenvalue weighted by molar-refractivity contribution is 0.196. The molecule has 1 N–H and O–H groups in total. The van der Waals surface area contributed by atoms with E-state index >= 15 is 0 Å². The maximum atomic E-state index is 13.3. The van der Waals surface area contributed by atoms with Crippen LogP contribution in [0.3, 0.4) is 0 Å². The zero-order valence-electron chi connectivity index (χ0n) is 16.4. The van der Waals surface area contributed by atoms with Gasteiger partial charge in [-0.3, -0.25) is 0 Å². The molecule has 1 saturated heterocycles. The van der Waals surface area contributed by atoms with Gasteiger partial charge in [0.15, 0.2) is 0 Å². The normalized spacial score (nSPS) is 18.9. The first-order valence-electron chi connectivity index (χ1n) is 10.1. The van der Waals surface area contributed by atoms with Crippen molar-refractivity contribution in [2.24, 2.45) is 5.92 Å². The van der Waals surface area contributed by atoms with E-state index in [1.807, 2.05) is 66.7 Å². The van der Waals surface area contributed by atoms with Crippen LogP contribution in [0.25, 0.3) is 0 Å². The second-order valence-corrected chi connectivity index (χ2v) is 7.47. The second-order valence-electron chi connectivity index (χ2n) is 7.47. The Balaban J connectivity index is 1.32. The fraction of sp³-hybridized carbons (Fsp3) is 0.280. The molecule has 3 aromatic rings. The van der Waals surface area contributed by atoms with Crippen molar-refractivity contribution < 1.29 is 13.9 Å². The summed E-state index contributed by atoms with van der Waals surface area (Å²) in [6, 6.07) is 24.8. The summed E-state index contributed by atoms with van der Waals surface area (Å²) >= 11 is 0. The predicted octanol–water partition coefficient (Wildman–Crippen LogP) is 5.18. The fourth-order valence-electron chi connectivity index (χ4n) is 3.82. The number of nitrogens with one attached hydrogen (secondary N) is 1. The Hall–Kier alpha value is -2.85. The zero-order chi connectivity index (χ0) is 19.9. The Bertz CT molecular complexity index is 881. The molecular weight excluding hydrogens is 365 g/mol. The first-order valence-corrected chi connectivity index (χ1v) is 10.1. The SMILES string of the molecule is Fc1ccc([C@@H]2CCNC[C@H]2COc2ccc(OCc3ccccc3)cc2)cc1. The van der Waals surface area contributed by atoms with Gasteiger partial charge >= 0.3 is 0 Å². The highest BCUT2D eigenvalue weighted by molar-refractivity contribution is 5.31. The van der Waals surface area contributed by atoms with Crippen molar-refractivity contribution in [3.63, 3.8) is 0 Å². The summed E-state index contributed by atoms with van der Waals surface area (Å²) in [5.74, 6) is 2.20. The molecule has 150 valence electrons. The second kappa shape index (κ2) is 9.57. The van der Waals surface area contributed by atoms with Crippen molar-refractivity contribution in [2.45, 2.75) is 18.9 Å². The molecule has 0 aromatic heterocycles. The smallest absolute Gasteiger partial charge is 0.123 e. The van der Waals surface area contributed by atoms with E-state index < -0.39 is 0 Å². The predicted molar refractivity (Wildman–Crippen MR) is 113 cm³/mol. The number of benzene rings is 3. The molecule has 1 heterocycles. The lowest BCUT2D eigenvalue weighted by atomic mass is 9.81. The highest BCUT2D eigenvalue weighted by Gasteiger charge is 2.27. The van der Waals surface area contributed by atoms with E-state index in [-0.39, 0.29) is 5.82 Å². The first kappa shape index (κ1) is 19.5. The molecule has 1 fully saturated rings. The molecule has 0 aliphatic carbocycles. The van der Waals surface area contributed by atoms with E-state index in [1.165, 1.54) is 5.56 Å². The Labute approximate surface area is 171 Å². The minimum Gasteiger partial charge on any atom is -0.493 e. The van der Waals surface area contributed by atoms with Crippen molar-refractivity contribution in [3.05, 3.63) is 95.8 Å². The van der Waals surface area contributed by atoms with Crippen LogP contribution in [0.2, 0.25) is 0 Å². The van der Waals surface area contributed by atoms with Gasteiger partial charge in [0, 0.05) is 12.5 Å². The van der Waals surface area contributed by atoms with E-state index in [9.17, 15) is 4.39 Å². The van der Waals surface area contributed by atoms with Crippen molar-refractivity contribution in [1.29, 1.82) is 0 Å². The summed E-state index contributed by atoms with van der Waals surface area (Å²) in [5, 5.41) is 3.45. The summed E-state index contributed by atoms with van der Waals surface area (Å²) < 4.78 is 25.2. The molecule has 3 nitrogen and oxygen atoms in total. The van der Waals surface area contributed by atoms with Crippen LogP contribution in [0.15, 0.2) is 78.9 Å². The molecular formula is C25H26FNO2. The van der Waals surface area contributed by atoms with Gasteiger partial charge in [0.1, 0.15) is 23.9 Å². The minimum absolute atomic E-state index is 0.190. The summed E-state index contributed by atoms with van der Waals surface area (Å²) in [5.41, 5.74) is 2.33. The Kier molecular flexibility index (Phi) is 6.42. The molecule has 1 aliphatic rings. The third-order valence-corrected chi connectivity index (χ3v) is 5.44. The zero-order valence-corrected chi connectivity index (χ0v) is 16.4. The maximum Gasteiger partial charge on any atom is 0.123 e. The molecule has 0 saturated carbocycles. The van der Waals surface area contributed by atoms with Gasteiger partial charge < -0.3 is 14.8 Å². The van der Waals surface area contributed by atoms with Gasteiger partial charge in [-0.1, -0.05) is 42.5 Å². The summed E-state index contributed by atoms with van der Waals surface area (Å²) in [4.78, 5) is 0. The molecule has 1 aliphatic heterocycles. The van der Waals surface area contributed by atoms with E-state index in [0.717, 1.165) is 36.6 Å². The summed E-state index contributed by atoms with van der Waals surface area (Å²) in [6.45, 7) is 3.06. The number of hydrogen-bond acceptors (Lipinski definition) is 3. The highest BCUT2D eigenvalue weighted by Crippen LogP contribution is 2.31. The molecule has 2 atom stereocenters. The quantitative estimate of drug-likeness (QED) is 0.602. The average molecular weight is 391 g/mol. The van der Waals surface area contributed by atoms with Gasteiger partial charge in [-0.2, -0.15) is 0 Å². The van der Waals surface area contributed by atoms with Gasteiger partial charge in [-0.05, 0) is 66.4 Å². The molecule has 3 aromatic carbocycles. The topological polar surface area (TPSA) is 30.5 Å². The number of ether oxygens (including phenoxy) is 2. The fourth-order valence-corrected chi connectivity index (χ4v) is 3.82. The minimum atomic E-state index is -0.190. The van der Waals surface area contributed by atoms with Crippen LogP contribution < -0.4 is 14.8 Å². The monoisotopic (exact) mass is 391 g/mol. The third kappa shape index (κ3) is 5.36. The maximum absolute atomic E-state index is 13.3. The van der Waals surface area contributed by atoms with Crippen molar-refractivity contribution in [3.8, 4) is 11.5 Å². The van der Waals surface area contributed by atoms with Crippen LogP contribution in [-0.2, 0) is 6.61 Å². The van der Waals surface area contributed by atoms with E-state index in [0.29, 0.717) is 25.0 Å². The number of halogens is 1. The van der Waals surface area contributed by atoms with Gasteiger partial charge in [0.05, 0.1) is 6.61 Å². The molecule has 0 spiro atoms. The molecule has 0 radical (unpaired) electrons. The molecule has 0 amide bonds. The van der Waals surface area contributed by atoms with E-state index in [2.05, 4.69) is 5.32 Å². The average Bonchev–Trinajstić information content (AvgIpc) is 2.78. The van der Waals surface area contributed by atoms with Crippen LogP contribution >= 0.6 is 0 Å². The summed E-state index contributed by atoms with van der Waals surface area (Å²) in [6.07, 6.45) is 1.03. The standard InChI is InChI=1S/C25H26FNO2/c26-22-8-6-20(7-9-22)25-14-15-27-16-21(25)18-29-24-12-10-23(11-13-24)28-17-19-4-2-1-3-5-19/h1-13,21,25,27H,14-18H2/t21-,25-/m0/s1. The van der Waals surface area contributed by atoms with Crippen LogP contribution in [0.1, 0.15) is 23.5 Å². The number of rotatable bonds is 7. The van der Waals surface area contributed by atoms with E-state index in [1.54, 1.807) is 12.1 Å². The third-order valence-electron chi connectivity index (χ3n) is 5.44. The number of piperidine rings is 1. The largest absolute Gasteiger partial charge is 0.493 e. The summed E-state index contributed by atoms with van der Waals surface area (Å²) in [7, 11) is 0. The molecule has 0 bridgehead atoms. The van der Waals surface area contributed by atoms with Gasteiger partial charge in [0.25, 0.3) is 0 Å².